The van der Waals surface area contributed by atoms with E-state index in [4.69, 9.17) is 0 Å². The molecule has 0 aromatic heterocycles. The van der Waals surface area contributed by atoms with Crippen molar-refractivity contribution in [2.75, 3.05) is 31.1 Å². The van der Waals surface area contributed by atoms with Gasteiger partial charge in [0.25, 0.3) is 11.6 Å². The van der Waals surface area contributed by atoms with Crippen LogP contribution in [0.25, 0.3) is 0 Å². The van der Waals surface area contributed by atoms with Crippen molar-refractivity contribution in [3.8, 4) is 0 Å². The lowest BCUT2D eigenvalue weighted by atomic mass is 10.1. The first-order valence-corrected chi connectivity index (χ1v) is 10.2. The van der Waals surface area contributed by atoms with Gasteiger partial charge in [0.05, 0.1) is 4.92 Å². The van der Waals surface area contributed by atoms with Gasteiger partial charge in [-0.05, 0) is 37.8 Å². The van der Waals surface area contributed by atoms with E-state index < -0.39 is 4.92 Å². The molecule has 1 amide bonds. The van der Waals surface area contributed by atoms with Crippen LogP contribution >= 0.6 is 0 Å². The van der Waals surface area contributed by atoms with Crippen LogP contribution in [-0.2, 0) is 0 Å². The second-order valence-electron chi connectivity index (χ2n) is 7.55. The van der Waals surface area contributed by atoms with E-state index in [-0.39, 0.29) is 11.6 Å². The summed E-state index contributed by atoms with van der Waals surface area (Å²) in [7, 11) is 0. The average Bonchev–Trinajstić information content (AvgIpc) is 3.08. The van der Waals surface area contributed by atoms with Crippen molar-refractivity contribution >= 4 is 17.3 Å². The van der Waals surface area contributed by atoms with Crippen molar-refractivity contribution in [1.29, 1.82) is 0 Å². The number of benzene rings is 1. The van der Waals surface area contributed by atoms with Gasteiger partial charge in [-0.15, -0.1) is 0 Å². The Bertz CT molecular complexity index is 651. The molecule has 1 aromatic rings. The normalized spacial score (nSPS) is 18.3. The van der Waals surface area contributed by atoms with Crippen LogP contribution in [-0.4, -0.2) is 43.1 Å². The number of nitro groups is 1. The Morgan fingerprint density at radius 3 is 2.44 bits per heavy atom. The zero-order chi connectivity index (χ0) is 19.1. The lowest BCUT2D eigenvalue weighted by Crippen LogP contribution is -2.36. The molecule has 7 heteroatoms. The van der Waals surface area contributed by atoms with E-state index in [2.05, 4.69) is 10.6 Å². The predicted molar refractivity (Wildman–Crippen MR) is 106 cm³/mol. The standard InChI is InChI=1S/C20H30N4O3/c25-20(22-12-11-21-17-7-3-1-2-4-8-17)16-9-10-18(19(15-16)24(26)27)23-13-5-6-14-23/h9-10,15,17,21H,1-8,11-14H2,(H,22,25). The molecule has 1 saturated heterocycles. The zero-order valence-corrected chi connectivity index (χ0v) is 15.9. The number of carbonyl (C=O) groups is 1. The third kappa shape index (κ3) is 5.42. The molecule has 1 heterocycles. The van der Waals surface area contributed by atoms with E-state index in [0.717, 1.165) is 32.5 Å². The second kappa shape index (κ2) is 9.69. The summed E-state index contributed by atoms with van der Waals surface area (Å²) in [5, 5.41) is 17.8. The summed E-state index contributed by atoms with van der Waals surface area (Å²) in [6.07, 6.45) is 9.70. The van der Waals surface area contributed by atoms with Crippen LogP contribution in [0.3, 0.4) is 0 Å². The minimum atomic E-state index is -0.391. The Labute approximate surface area is 160 Å². The second-order valence-corrected chi connectivity index (χ2v) is 7.55. The molecule has 0 unspecified atom stereocenters. The van der Waals surface area contributed by atoms with Gasteiger partial charge >= 0.3 is 0 Å². The SMILES string of the molecule is O=C(NCCNC1CCCCCC1)c1ccc(N2CCCC2)c([N+](=O)[O-])c1. The van der Waals surface area contributed by atoms with Gasteiger partial charge in [-0.1, -0.05) is 25.7 Å². The van der Waals surface area contributed by atoms with Crippen LogP contribution in [0.4, 0.5) is 11.4 Å². The van der Waals surface area contributed by atoms with Crippen molar-refractivity contribution in [3.05, 3.63) is 33.9 Å². The molecule has 1 aromatic carbocycles. The molecule has 1 saturated carbocycles. The maximum atomic E-state index is 12.4. The minimum Gasteiger partial charge on any atom is -0.366 e. The van der Waals surface area contributed by atoms with Crippen molar-refractivity contribution in [2.24, 2.45) is 0 Å². The van der Waals surface area contributed by atoms with Crippen LogP contribution in [0, 0.1) is 10.1 Å². The molecule has 2 fully saturated rings. The first kappa shape index (κ1) is 19.6. The van der Waals surface area contributed by atoms with E-state index >= 15 is 0 Å². The van der Waals surface area contributed by atoms with Gasteiger partial charge < -0.3 is 15.5 Å². The third-order valence-electron chi connectivity index (χ3n) is 5.58. The number of rotatable bonds is 7. The number of carbonyl (C=O) groups excluding carboxylic acids is 1. The average molecular weight is 374 g/mol. The molecule has 2 aliphatic rings. The highest BCUT2D eigenvalue weighted by atomic mass is 16.6. The highest BCUT2D eigenvalue weighted by Crippen LogP contribution is 2.31. The van der Waals surface area contributed by atoms with E-state index in [1.807, 2.05) is 4.90 Å². The molecule has 0 atom stereocenters. The molecule has 7 nitrogen and oxygen atoms in total. The fourth-order valence-corrected chi connectivity index (χ4v) is 4.07. The molecule has 0 spiro atoms. The number of amides is 1. The summed E-state index contributed by atoms with van der Waals surface area (Å²) in [5.41, 5.74) is 0.976. The number of nitrogens with one attached hydrogen (secondary N) is 2. The molecule has 0 bridgehead atoms. The molecule has 1 aliphatic heterocycles. The van der Waals surface area contributed by atoms with Gasteiger partial charge in [-0.25, -0.2) is 0 Å². The van der Waals surface area contributed by atoms with Crippen molar-refractivity contribution in [3.63, 3.8) is 0 Å². The monoisotopic (exact) mass is 374 g/mol. The molecular weight excluding hydrogens is 344 g/mol. The number of nitrogens with zero attached hydrogens (tertiary/aromatic N) is 2. The Balaban J connectivity index is 1.53. The van der Waals surface area contributed by atoms with Crippen LogP contribution in [0.5, 0.6) is 0 Å². The maximum absolute atomic E-state index is 12.4. The summed E-state index contributed by atoms with van der Waals surface area (Å²) in [6.45, 7) is 2.92. The van der Waals surface area contributed by atoms with E-state index in [9.17, 15) is 14.9 Å². The lowest BCUT2D eigenvalue weighted by Gasteiger charge is -2.18. The Hall–Kier alpha value is -2.15. The van der Waals surface area contributed by atoms with E-state index in [1.54, 1.807) is 12.1 Å². The Morgan fingerprint density at radius 2 is 1.78 bits per heavy atom. The summed E-state index contributed by atoms with van der Waals surface area (Å²) < 4.78 is 0. The summed E-state index contributed by atoms with van der Waals surface area (Å²) in [5.74, 6) is -0.256. The van der Waals surface area contributed by atoms with Gasteiger partial charge in [0.15, 0.2) is 0 Å². The quantitative estimate of drug-likeness (QED) is 0.331. The third-order valence-corrected chi connectivity index (χ3v) is 5.58. The van der Waals surface area contributed by atoms with Crippen LogP contribution in [0.2, 0.25) is 0 Å². The van der Waals surface area contributed by atoms with Gasteiger partial charge in [-0.3, -0.25) is 14.9 Å². The topological polar surface area (TPSA) is 87.5 Å². The van der Waals surface area contributed by atoms with Crippen LogP contribution < -0.4 is 15.5 Å². The van der Waals surface area contributed by atoms with E-state index in [1.165, 1.54) is 44.6 Å². The van der Waals surface area contributed by atoms with Gasteiger partial charge in [0.1, 0.15) is 5.69 Å². The Morgan fingerprint density at radius 1 is 1.07 bits per heavy atom. The van der Waals surface area contributed by atoms with E-state index in [0.29, 0.717) is 23.8 Å². The highest BCUT2D eigenvalue weighted by molar-refractivity contribution is 5.95. The zero-order valence-electron chi connectivity index (χ0n) is 15.9. The van der Waals surface area contributed by atoms with Crippen molar-refractivity contribution < 1.29 is 9.72 Å². The first-order valence-electron chi connectivity index (χ1n) is 10.2. The minimum absolute atomic E-state index is 0.0149. The van der Waals surface area contributed by atoms with Crippen LogP contribution in [0.15, 0.2) is 18.2 Å². The molecule has 1 aliphatic carbocycles. The molecule has 3 rings (SSSR count). The number of hydrogen-bond acceptors (Lipinski definition) is 5. The highest BCUT2D eigenvalue weighted by Gasteiger charge is 2.23. The number of hydrogen-bond donors (Lipinski definition) is 2. The van der Waals surface area contributed by atoms with Gasteiger partial charge in [-0.2, -0.15) is 0 Å². The molecule has 148 valence electrons. The molecule has 27 heavy (non-hydrogen) atoms. The maximum Gasteiger partial charge on any atom is 0.293 e. The molecular formula is C20H30N4O3. The molecule has 0 radical (unpaired) electrons. The van der Waals surface area contributed by atoms with Gasteiger partial charge in [0.2, 0.25) is 0 Å². The Kier molecular flexibility index (Phi) is 7.04. The number of nitro benzene ring substituents is 1. The smallest absolute Gasteiger partial charge is 0.293 e. The van der Waals surface area contributed by atoms with Gasteiger partial charge in [0, 0.05) is 43.9 Å². The predicted octanol–water partition coefficient (Wildman–Crippen LogP) is 3.24. The van der Waals surface area contributed by atoms with Crippen molar-refractivity contribution in [2.45, 2.75) is 57.4 Å². The summed E-state index contributed by atoms with van der Waals surface area (Å²) in [6, 6.07) is 5.35. The first-order chi connectivity index (χ1) is 13.1. The lowest BCUT2D eigenvalue weighted by molar-refractivity contribution is -0.384. The summed E-state index contributed by atoms with van der Waals surface area (Å²) in [4.78, 5) is 25.5. The fraction of sp³-hybridized carbons (Fsp3) is 0.650. The number of anilines is 1. The largest absolute Gasteiger partial charge is 0.366 e. The fourth-order valence-electron chi connectivity index (χ4n) is 4.07. The molecule has 2 N–H and O–H groups in total. The van der Waals surface area contributed by atoms with Crippen molar-refractivity contribution in [1.82, 2.24) is 10.6 Å². The van der Waals surface area contributed by atoms with Crippen LogP contribution in [0.1, 0.15) is 61.7 Å². The summed E-state index contributed by atoms with van der Waals surface area (Å²) >= 11 is 0.